The average molecular weight is 199 g/mol. The van der Waals surface area contributed by atoms with Crippen LogP contribution in [0, 0.1) is 5.92 Å². The van der Waals surface area contributed by atoms with Gasteiger partial charge in [-0.15, -0.1) is 0 Å². The first kappa shape index (κ1) is 11.0. The summed E-state index contributed by atoms with van der Waals surface area (Å²) in [5.74, 6) is 0.360. The standard InChI is InChI=1S/C9H17N3O2/c1-10-8(13)6-11-4-5-12-9(14)7-2-3-7/h7,11H,2-6H2,1H3,(H,10,13)(H,12,14). The maximum Gasteiger partial charge on any atom is 0.233 e. The maximum absolute atomic E-state index is 11.1. The Hall–Kier alpha value is -1.10. The molecule has 0 spiro atoms. The molecule has 0 bridgehead atoms. The van der Waals surface area contributed by atoms with Crippen LogP contribution in [0.3, 0.4) is 0 Å². The third-order valence-electron chi connectivity index (χ3n) is 2.11. The Morgan fingerprint density at radius 3 is 2.57 bits per heavy atom. The van der Waals surface area contributed by atoms with E-state index in [0.29, 0.717) is 19.6 Å². The molecule has 0 atom stereocenters. The average Bonchev–Trinajstić information content (AvgIpc) is 2.99. The largest absolute Gasteiger partial charge is 0.358 e. The Labute approximate surface area is 83.6 Å². The summed E-state index contributed by atoms with van der Waals surface area (Å²) in [6, 6.07) is 0. The molecule has 1 rings (SSSR count). The highest BCUT2D eigenvalue weighted by Crippen LogP contribution is 2.28. The van der Waals surface area contributed by atoms with Gasteiger partial charge < -0.3 is 16.0 Å². The fraction of sp³-hybridized carbons (Fsp3) is 0.778. The first-order chi connectivity index (χ1) is 6.74. The lowest BCUT2D eigenvalue weighted by molar-refractivity contribution is -0.122. The minimum absolute atomic E-state index is 0.0430. The molecule has 1 saturated carbocycles. The van der Waals surface area contributed by atoms with Crippen molar-refractivity contribution >= 4 is 11.8 Å². The summed E-state index contributed by atoms with van der Waals surface area (Å²) in [6.45, 7) is 1.52. The molecule has 0 saturated heterocycles. The monoisotopic (exact) mass is 199 g/mol. The van der Waals surface area contributed by atoms with Gasteiger partial charge >= 0.3 is 0 Å². The van der Waals surface area contributed by atoms with Crippen molar-refractivity contribution in [1.29, 1.82) is 0 Å². The molecule has 2 amide bonds. The van der Waals surface area contributed by atoms with Gasteiger partial charge in [0.05, 0.1) is 6.54 Å². The highest BCUT2D eigenvalue weighted by Gasteiger charge is 2.28. The Bertz CT molecular complexity index is 214. The summed E-state index contributed by atoms with van der Waals surface area (Å²) in [5, 5.41) is 8.23. The predicted molar refractivity (Wildman–Crippen MR) is 52.7 cm³/mol. The van der Waals surface area contributed by atoms with Gasteiger partial charge in [0.2, 0.25) is 11.8 Å². The molecule has 14 heavy (non-hydrogen) atoms. The third-order valence-corrected chi connectivity index (χ3v) is 2.11. The number of amides is 2. The van der Waals surface area contributed by atoms with E-state index in [1.165, 1.54) is 0 Å². The smallest absolute Gasteiger partial charge is 0.233 e. The zero-order valence-corrected chi connectivity index (χ0v) is 8.43. The van der Waals surface area contributed by atoms with Crippen molar-refractivity contribution in [2.75, 3.05) is 26.7 Å². The molecule has 0 radical (unpaired) electrons. The Morgan fingerprint density at radius 1 is 1.29 bits per heavy atom. The molecule has 80 valence electrons. The maximum atomic E-state index is 11.1. The minimum atomic E-state index is -0.0430. The van der Waals surface area contributed by atoms with Crippen LogP contribution in [0.4, 0.5) is 0 Å². The number of likely N-dealkylation sites (N-methyl/N-ethyl adjacent to an activating group) is 1. The third kappa shape index (κ3) is 4.23. The van der Waals surface area contributed by atoms with Crippen LogP contribution in [0.5, 0.6) is 0 Å². The van der Waals surface area contributed by atoms with E-state index in [1.807, 2.05) is 0 Å². The zero-order chi connectivity index (χ0) is 10.4. The van der Waals surface area contributed by atoms with Gasteiger partial charge in [0.1, 0.15) is 0 Å². The van der Waals surface area contributed by atoms with Gasteiger partial charge in [0, 0.05) is 26.1 Å². The van der Waals surface area contributed by atoms with E-state index in [2.05, 4.69) is 16.0 Å². The lowest BCUT2D eigenvalue weighted by Crippen LogP contribution is -2.37. The highest BCUT2D eigenvalue weighted by molar-refractivity contribution is 5.80. The zero-order valence-electron chi connectivity index (χ0n) is 8.43. The molecule has 3 N–H and O–H groups in total. The van der Waals surface area contributed by atoms with Crippen LogP contribution in [0.2, 0.25) is 0 Å². The van der Waals surface area contributed by atoms with Crippen LogP contribution >= 0.6 is 0 Å². The van der Waals surface area contributed by atoms with E-state index < -0.39 is 0 Å². The Balaban J connectivity index is 1.88. The van der Waals surface area contributed by atoms with Crippen LogP contribution in [-0.2, 0) is 9.59 Å². The van der Waals surface area contributed by atoms with Gasteiger partial charge in [-0.05, 0) is 12.8 Å². The molecule has 0 aliphatic heterocycles. The topological polar surface area (TPSA) is 70.2 Å². The summed E-state index contributed by atoms with van der Waals surface area (Å²) in [7, 11) is 1.60. The second-order valence-electron chi connectivity index (χ2n) is 3.42. The number of carbonyl (C=O) groups excluding carboxylic acids is 2. The quantitative estimate of drug-likeness (QED) is 0.473. The summed E-state index contributed by atoms with van der Waals surface area (Å²) in [4.78, 5) is 21.9. The van der Waals surface area contributed by atoms with Crippen molar-refractivity contribution in [3.63, 3.8) is 0 Å². The van der Waals surface area contributed by atoms with Crippen molar-refractivity contribution in [2.24, 2.45) is 5.92 Å². The second kappa shape index (κ2) is 5.59. The number of rotatable bonds is 6. The van der Waals surface area contributed by atoms with Gasteiger partial charge in [-0.3, -0.25) is 9.59 Å². The molecule has 0 aromatic rings. The van der Waals surface area contributed by atoms with Crippen molar-refractivity contribution in [3.8, 4) is 0 Å². The predicted octanol–water partition coefficient (Wildman–Crippen LogP) is -1.15. The van der Waals surface area contributed by atoms with Gasteiger partial charge in [0.15, 0.2) is 0 Å². The minimum Gasteiger partial charge on any atom is -0.358 e. The molecule has 0 aromatic heterocycles. The van der Waals surface area contributed by atoms with Gasteiger partial charge in [-0.2, -0.15) is 0 Å². The molecule has 0 unspecified atom stereocenters. The molecule has 0 aromatic carbocycles. The van der Waals surface area contributed by atoms with E-state index in [9.17, 15) is 9.59 Å². The summed E-state index contributed by atoms with van der Waals surface area (Å²) in [5.41, 5.74) is 0. The van der Waals surface area contributed by atoms with Gasteiger partial charge in [-0.1, -0.05) is 0 Å². The molecular formula is C9H17N3O2. The van der Waals surface area contributed by atoms with E-state index in [4.69, 9.17) is 0 Å². The van der Waals surface area contributed by atoms with Gasteiger partial charge in [-0.25, -0.2) is 0 Å². The summed E-state index contributed by atoms with van der Waals surface area (Å²) >= 11 is 0. The molecule has 5 nitrogen and oxygen atoms in total. The lowest BCUT2D eigenvalue weighted by Gasteiger charge is -2.05. The molecule has 1 fully saturated rings. The summed E-state index contributed by atoms with van der Waals surface area (Å²) in [6.07, 6.45) is 2.05. The van der Waals surface area contributed by atoms with Crippen LogP contribution in [-0.4, -0.2) is 38.5 Å². The van der Waals surface area contributed by atoms with Crippen molar-refractivity contribution in [3.05, 3.63) is 0 Å². The number of carbonyl (C=O) groups is 2. The SMILES string of the molecule is CNC(=O)CNCCNC(=O)C1CC1. The van der Waals surface area contributed by atoms with Crippen LogP contribution in [0.1, 0.15) is 12.8 Å². The summed E-state index contributed by atoms with van der Waals surface area (Å²) < 4.78 is 0. The molecular weight excluding hydrogens is 182 g/mol. The number of hydrogen-bond acceptors (Lipinski definition) is 3. The normalized spacial score (nSPS) is 14.9. The highest BCUT2D eigenvalue weighted by atomic mass is 16.2. The first-order valence-corrected chi connectivity index (χ1v) is 4.93. The number of hydrogen-bond donors (Lipinski definition) is 3. The fourth-order valence-corrected chi connectivity index (χ4v) is 1.05. The van der Waals surface area contributed by atoms with Crippen LogP contribution in [0.25, 0.3) is 0 Å². The fourth-order valence-electron chi connectivity index (χ4n) is 1.05. The molecule has 1 aliphatic carbocycles. The first-order valence-electron chi connectivity index (χ1n) is 4.93. The van der Waals surface area contributed by atoms with Gasteiger partial charge in [0.25, 0.3) is 0 Å². The number of nitrogens with one attached hydrogen (secondary N) is 3. The van der Waals surface area contributed by atoms with Crippen molar-refractivity contribution in [1.82, 2.24) is 16.0 Å². The van der Waals surface area contributed by atoms with E-state index in [1.54, 1.807) is 7.05 Å². The van der Waals surface area contributed by atoms with Crippen molar-refractivity contribution in [2.45, 2.75) is 12.8 Å². The van der Waals surface area contributed by atoms with Crippen LogP contribution < -0.4 is 16.0 Å². The Kier molecular flexibility index (Phi) is 4.39. The molecule has 1 aliphatic rings. The van der Waals surface area contributed by atoms with E-state index in [0.717, 1.165) is 12.8 Å². The van der Waals surface area contributed by atoms with E-state index >= 15 is 0 Å². The molecule has 5 heteroatoms. The second-order valence-corrected chi connectivity index (χ2v) is 3.42. The Morgan fingerprint density at radius 2 is 2.00 bits per heavy atom. The van der Waals surface area contributed by atoms with E-state index in [-0.39, 0.29) is 17.7 Å². The van der Waals surface area contributed by atoms with Crippen molar-refractivity contribution < 1.29 is 9.59 Å². The lowest BCUT2D eigenvalue weighted by atomic mass is 10.4. The van der Waals surface area contributed by atoms with Crippen LogP contribution in [0.15, 0.2) is 0 Å². The molecule has 0 heterocycles.